The summed E-state index contributed by atoms with van der Waals surface area (Å²) in [5, 5.41) is 0. The van der Waals surface area contributed by atoms with E-state index in [2.05, 4.69) is 4.72 Å². The molecule has 19 heavy (non-hydrogen) atoms. The average molecular weight is 288 g/mol. The van der Waals surface area contributed by atoms with Crippen LogP contribution in [0.3, 0.4) is 0 Å². The molecule has 0 fully saturated rings. The quantitative estimate of drug-likeness (QED) is 0.646. The minimum absolute atomic E-state index is 0.000226. The number of nitrogens with zero attached hydrogens (tertiary/aromatic N) is 1. The summed E-state index contributed by atoms with van der Waals surface area (Å²) in [6.45, 7) is 3.96. The fraction of sp³-hybridized carbons (Fsp3) is 0.545. The lowest BCUT2D eigenvalue weighted by molar-refractivity contribution is 0.0992. The summed E-state index contributed by atoms with van der Waals surface area (Å²) in [5.41, 5.74) is 11.0. The van der Waals surface area contributed by atoms with Gasteiger partial charge in [0.1, 0.15) is 10.6 Å². The first-order chi connectivity index (χ1) is 8.65. The van der Waals surface area contributed by atoms with Gasteiger partial charge in [-0.1, -0.05) is 13.8 Å². The third-order valence-electron chi connectivity index (χ3n) is 2.91. The predicted molar refractivity (Wildman–Crippen MR) is 71.9 cm³/mol. The van der Waals surface area contributed by atoms with Crippen molar-refractivity contribution in [1.29, 1.82) is 0 Å². The zero-order chi connectivity index (χ0) is 14.8. The number of carbonyl (C=O) groups excluding carboxylic acids is 1. The number of sulfonamides is 1. The molecule has 1 atom stereocenters. The molecular formula is C11H20N4O3S. The van der Waals surface area contributed by atoms with Gasteiger partial charge < -0.3 is 16.0 Å². The number of aryl methyl sites for hydroxylation is 1. The average Bonchev–Trinajstić information content (AvgIpc) is 2.69. The van der Waals surface area contributed by atoms with E-state index in [4.69, 9.17) is 11.5 Å². The molecule has 0 aliphatic heterocycles. The fourth-order valence-electron chi connectivity index (χ4n) is 1.45. The summed E-state index contributed by atoms with van der Waals surface area (Å²) in [5.74, 6) is -0.512. The first-order valence-electron chi connectivity index (χ1n) is 5.86. The van der Waals surface area contributed by atoms with E-state index in [1.54, 1.807) is 7.05 Å². The standard InChI is InChI=1S/C11H20N4O3S/c1-7(2)9(12)5-14-19(17,18)8-4-10(11(13)16)15(3)6-8/h4,6-7,9,14H,5,12H2,1-3H3,(H2,13,16). The lowest BCUT2D eigenvalue weighted by atomic mass is 10.1. The molecule has 0 saturated carbocycles. The zero-order valence-electron chi connectivity index (χ0n) is 11.3. The van der Waals surface area contributed by atoms with Gasteiger partial charge in [-0.25, -0.2) is 13.1 Å². The minimum atomic E-state index is -3.68. The molecule has 0 saturated heterocycles. The Morgan fingerprint density at radius 1 is 1.47 bits per heavy atom. The topological polar surface area (TPSA) is 120 Å². The van der Waals surface area contributed by atoms with E-state index in [0.29, 0.717) is 0 Å². The Labute approximate surface area is 113 Å². The molecule has 8 heteroatoms. The second kappa shape index (κ2) is 5.72. The van der Waals surface area contributed by atoms with Gasteiger partial charge in [0.15, 0.2) is 0 Å². The third kappa shape index (κ3) is 3.79. The number of primary amides is 1. The van der Waals surface area contributed by atoms with Gasteiger partial charge in [-0.3, -0.25) is 4.79 Å². The predicted octanol–water partition coefficient (Wildman–Crippen LogP) is -0.614. The van der Waals surface area contributed by atoms with Crippen molar-refractivity contribution in [2.75, 3.05) is 6.54 Å². The number of aromatic nitrogens is 1. The Balaban J connectivity index is 2.89. The number of nitrogens with two attached hydrogens (primary N) is 2. The van der Waals surface area contributed by atoms with E-state index in [1.807, 2.05) is 13.8 Å². The van der Waals surface area contributed by atoms with Crippen molar-refractivity contribution in [3.05, 3.63) is 18.0 Å². The molecule has 0 radical (unpaired) electrons. The maximum Gasteiger partial charge on any atom is 0.265 e. The third-order valence-corrected chi connectivity index (χ3v) is 4.30. The summed E-state index contributed by atoms with van der Waals surface area (Å²) in [6, 6.07) is 0.972. The van der Waals surface area contributed by atoms with E-state index >= 15 is 0 Å². The van der Waals surface area contributed by atoms with Crippen molar-refractivity contribution in [3.63, 3.8) is 0 Å². The molecule has 1 amide bonds. The summed E-state index contributed by atoms with van der Waals surface area (Å²) < 4.78 is 27.8. The Morgan fingerprint density at radius 2 is 2.05 bits per heavy atom. The van der Waals surface area contributed by atoms with Crippen LogP contribution in [0.2, 0.25) is 0 Å². The van der Waals surface area contributed by atoms with Crippen LogP contribution in [0.25, 0.3) is 0 Å². The molecule has 1 unspecified atom stereocenters. The summed E-state index contributed by atoms with van der Waals surface area (Å²) >= 11 is 0. The number of nitrogens with one attached hydrogen (secondary N) is 1. The number of amides is 1. The Morgan fingerprint density at radius 3 is 2.47 bits per heavy atom. The maximum absolute atomic E-state index is 12.0. The van der Waals surface area contributed by atoms with Gasteiger partial charge in [0.2, 0.25) is 10.0 Å². The Bertz CT molecular complexity index is 562. The van der Waals surface area contributed by atoms with Crippen molar-refractivity contribution in [1.82, 2.24) is 9.29 Å². The second-order valence-corrected chi connectivity index (χ2v) is 6.56. The molecule has 0 aromatic carbocycles. The second-order valence-electron chi connectivity index (χ2n) is 4.80. The van der Waals surface area contributed by atoms with Crippen molar-refractivity contribution >= 4 is 15.9 Å². The molecule has 1 aromatic rings. The molecule has 7 nitrogen and oxygen atoms in total. The molecule has 0 aliphatic rings. The Kier molecular flexibility index (Phi) is 4.72. The molecule has 108 valence electrons. The smallest absolute Gasteiger partial charge is 0.265 e. The lowest BCUT2D eigenvalue weighted by Gasteiger charge is -2.15. The number of carbonyl (C=O) groups is 1. The van der Waals surface area contributed by atoms with E-state index in [1.165, 1.54) is 16.8 Å². The van der Waals surface area contributed by atoms with Gasteiger partial charge in [-0.15, -0.1) is 0 Å². The van der Waals surface area contributed by atoms with Gasteiger partial charge in [0, 0.05) is 25.8 Å². The SMILES string of the molecule is CC(C)C(N)CNS(=O)(=O)c1cc(C(N)=O)n(C)c1. The van der Waals surface area contributed by atoms with Crippen LogP contribution in [0.5, 0.6) is 0 Å². The van der Waals surface area contributed by atoms with Crippen LogP contribution in [-0.2, 0) is 17.1 Å². The number of hydrogen-bond acceptors (Lipinski definition) is 4. The van der Waals surface area contributed by atoms with Crippen LogP contribution >= 0.6 is 0 Å². The molecule has 1 aromatic heterocycles. The highest BCUT2D eigenvalue weighted by atomic mass is 32.2. The monoisotopic (exact) mass is 288 g/mol. The summed E-state index contributed by atoms with van der Waals surface area (Å²) in [6.07, 6.45) is 1.34. The molecule has 0 aliphatic carbocycles. The maximum atomic E-state index is 12.0. The molecule has 0 bridgehead atoms. The van der Waals surface area contributed by atoms with E-state index in [9.17, 15) is 13.2 Å². The normalized spacial score (nSPS) is 13.7. The van der Waals surface area contributed by atoms with Crippen LogP contribution in [-0.4, -0.2) is 31.5 Å². The molecular weight excluding hydrogens is 268 g/mol. The molecule has 1 heterocycles. The van der Waals surface area contributed by atoms with Crippen molar-refractivity contribution in [3.8, 4) is 0 Å². The van der Waals surface area contributed by atoms with Gasteiger partial charge >= 0.3 is 0 Å². The fourth-order valence-corrected chi connectivity index (χ4v) is 2.59. The number of hydrogen-bond donors (Lipinski definition) is 3. The largest absolute Gasteiger partial charge is 0.364 e. The van der Waals surface area contributed by atoms with Crippen LogP contribution in [0.15, 0.2) is 17.2 Å². The van der Waals surface area contributed by atoms with Crippen molar-refractivity contribution in [2.45, 2.75) is 24.8 Å². The zero-order valence-corrected chi connectivity index (χ0v) is 12.1. The van der Waals surface area contributed by atoms with Gasteiger partial charge in [0.05, 0.1) is 0 Å². The van der Waals surface area contributed by atoms with E-state index < -0.39 is 15.9 Å². The number of rotatable bonds is 6. The first kappa shape index (κ1) is 15.7. The molecule has 1 rings (SSSR count). The van der Waals surface area contributed by atoms with Gasteiger partial charge in [-0.05, 0) is 12.0 Å². The van der Waals surface area contributed by atoms with Crippen LogP contribution in [0.1, 0.15) is 24.3 Å². The van der Waals surface area contributed by atoms with Crippen LogP contribution in [0.4, 0.5) is 0 Å². The van der Waals surface area contributed by atoms with E-state index in [0.717, 1.165) is 0 Å². The van der Waals surface area contributed by atoms with Crippen LogP contribution in [0, 0.1) is 5.92 Å². The minimum Gasteiger partial charge on any atom is -0.364 e. The highest BCUT2D eigenvalue weighted by Gasteiger charge is 2.20. The van der Waals surface area contributed by atoms with Gasteiger partial charge in [0.25, 0.3) is 5.91 Å². The van der Waals surface area contributed by atoms with E-state index in [-0.39, 0.29) is 29.1 Å². The summed E-state index contributed by atoms with van der Waals surface area (Å²) in [7, 11) is -2.13. The highest BCUT2D eigenvalue weighted by molar-refractivity contribution is 7.89. The van der Waals surface area contributed by atoms with Crippen molar-refractivity contribution < 1.29 is 13.2 Å². The summed E-state index contributed by atoms with van der Waals surface area (Å²) in [4.78, 5) is 11.1. The molecule has 0 spiro atoms. The van der Waals surface area contributed by atoms with Gasteiger partial charge in [-0.2, -0.15) is 0 Å². The first-order valence-corrected chi connectivity index (χ1v) is 7.35. The van der Waals surface area contributed by atoms with Crippen molar-refractivity contribution in [2.24, 2.45) is 24.4 Å². The van der Waals surface area contributed by atoms with Crippen LogP contribution < -0.4 is 16.2 Å². The molecule has 5 N–H and O–H groups in total. The Hall–Kier alpha value is -1.38. The lowest BCUT2D eigenvalue weighted by Crippen LogP contribution is -2.40. The highest BCUT2D eigenvalue weighted by Crippen LogP contribution is 2.13.